The van der Waals surface area contributed by atoms with Crippen LogP contribution in [-0.4, -0.2) is 59.1 Å². The number of aromatic nitrogens is 2. The summed E-state index contributed by atoms with van der Waals surface area (Å²) in [5.41, 5.74) is 4.71. The number of fused-ring (bicyclic) bond motifs is 1. The summed E-state index contributed by atoms with van der Waals surface area (Å²) in [4.78, 5) is 27.0. The van der Waals surface area contributed by atoms with Crippen LogP contribution in [0.25, 0.3) is 21.3 Å². The minimum absolute atomic E-state index is 0.109. The minimum Gasteiger partial charge on any atom is -0.508 e. The van der Waals surface area contributed by atoms with E-state index in [1.807, 2.05) is 37.3 Å². The number of aromatic amines is 1. The molecule has 0 aliphatic carbocycles. The van der Waals surface area contributed by atoms with Gasteiger partial charge >= 0.3 is 0 Å². The number of likely N-dealkylation sites (N-methyl/N-ethyl adjacent to an activating group) is 1. The zero-order valence-corrected chi connectivity index (χ0v) is 23.1. The lowest BCUT2D eigenvalue weighted by Gasteiger charge is -2.34. The van der Waals surface area contributed by atoms with Gasteiger partial charge in [0.05, 0.1) is 16.6 Å². The summed E-state index contributed by atoms with van der Waals surface area (Å²) in [6.07, 6.45) is 0. The summed E-state index contributed by atoms with van der Waals surface area (Å²) in [5.74, 6) is -1.02. The van der Waals surface area contributed by atoms with Gasteiger partial charge in [0.15, 0.2) is 5.01 Å². The Kier molecular flexibility index (Phi) is 7.00. The Labute approximate surface area is 235 Å². The van der Waals surface area contributed by atoms with Gasteiger partial charge in [0.25, 0.3) is 5.91 Å². The Morgan fingerprint density at radius 1 is 1.05 bits per heavy atom. The van der Waals surface area contributed by atoms with E-state index in [1.54, 1.807) is 0 Å². The molecule has 5 aromatic rings. The molecule has 3 N–H and O–H groups in total. The van der Waals surface area contributed by atoms with Crippen molar-refractivity contribution in [3.8, 4) is 16.2 Å². The summed E-state index contributed by atoms with van der Waals surface area (Å²) < 4.78 is 14.2. The van der Waals surface area contributed by atoms with E-state index in [0.717, 1.165) is 53.2 Å². The molecule has 1 amide bonds. The van der Waals surface area contributed by atoms with Crippen LogP contribution in [0.1, 0.15) is 32.8 Å². The smallest absolute Gasteiger partial charge is 0.281 e. The van der Waals surface area contributed by atoms with Crippen LogP contribution in [0.3, 0.4) is 0 Å². The van der Waals surface area contributed by atoms with Crippen molar-refractivity contribution in [2.24, 2.45) is 0 Å². The number of aryl methyl sites for hydroxylation is 1. The van der Waals surface area contributed by atoms with Crippen LogP contribution >= 0.6 is 11.3 Å². The largest absolute Gasteiger partial charge is 0.508 e. The second kappa shape index (κ2) is 10.7. The van der Waals surface area contributed by atoms with E-state index in [0.29, 0.717) is 10.7 Å². The number of rotatable bonds is 6. The number of carbonyl (C=O) groups excluding carboxylic acids is 1. The van der Waals surface area contributed by atoms with Gasteiger partial charge in [-0.05, 0) is 67.4 Å². The van der Waals surface area contributed by atoms with Crippen LogP contribution < -0.4 is 10.2 Å². The molecule has 6 rings (SSSR count). The van der Waals surface area contributed by atoms with E-state index < -0.39 is 17.8 Å². The first kappa shape index (κ1) is 26.0. The molecule has 9 heteroatoms. The number of hydrogen-bond acceptors (Lipinski definition) is 6. The Bertz CT molecular complexity index is 1640. The first-order chi connectivity index (χ1) is 19.4. The summed E-state index contributed by atoms with van der Waals surface area (Å²) in [7, 11) is 2.14. The molecular formula is C31H30FN5O2S. The van der Waals surface area contributed by atoms with Crippen molar-refractivity contribution < 1.29 is 14.3 Å². The molecule has 7 nitrogen and oxygen atoms in total. The summed E-state index contributed by atoms with van der Waals surface area (Å²) in [6.45, 7) is 5.98. The molecule has 1 aliphatic rings. The van der Waals surface area contributed by atoms with Crippen molar-refractivity contribution >= 4 is 33.8 Å². The average molecular weight is 556 g/mol. The molecule has 0 saturated carbocycles. The van der Waals surface area contributed by atoms with E-state index in [1.165, 1.54) is 35.2 Å². The molecule has 204 valence electrons. The first-order valence-electron chi connectivity index (χ1n) is 13.2. The number of nitrogens with one attached hydrogen (secondary N) is 2. The lowest BCUT2D eigenvalue weighted by molar-refractivity contribution is 0.0941. The number of halogens is 1. The van der Waals surface area contributed by atoms with Crippen LogP contribution in [-0.2, 0) is 0 Å². The number of aromatic hydroxyl groups is 1. The highest BCUT2D eigenvalue weighted by Gasteiger charge is 2.25. The number of para-hydroxylation sites is 1. The van der Waals surface area contributed by atoms with E-state index in [-0.39, 0.29) is 11.3 Å². The van der Waals surface area contributed by atoms with Crippen molar-refractivity contribution in [2.75, 3.05) is 38.1 Å². The summed E-state index contributed by atoms with van der Waals surface area (Å²) in [6, 6.07) is 20.9. The highest BCUT2D eigenvalue weighted by Crippen LogP contribution is 2.34. The molecule has 3 heterocycles. The standard InChI is InChI=1S/C31H30FN5O2S/c1-19-29(20-7-10-23(11-8-20)37-15-13-36(2)14-16-37)40-31(33-19)30(39)35-28(24-18-22(32)9-12-27(24)38)26-17-21-5-3-4-6-25(21)34-26/h3-12,17-18,28,34,38H,13-16H2,1-2H3,(H,35,39)/t28-/m1/s1. The maximum absolute atomic E-state index is 14.2. The Morgan fingerprint density at radius 2 is 1.80 bits per heavy atom. The maximum Gasteiger partial charge on any atom is 0.281 e. The molecule has 2 aromatic heterocycles. The third kappa shape index (κ3) is 5.17. The van der Waals surface area contributed by atoms with E-state index >= 15 is 0 Å². The molecule has 1 atom stereocenters. The lowest BCUT2D eigenvalue weighted by atomic mass is 10.0. The molecule has 0 spiro atoms. The van der Waals surface area contributed by atoms with Gasteiger partial charge in [-0.25, -0.2) is 9.37 Å². The lowest BCUT2D eigenvalue weighted by Crippen LogP contribution is -2.44. The Hall–Kier alpha value is -4.21. The third-order valence-electron chi connectivity index (χ3n) is 7.43. The van der Waals surface area contributed by atoms with Crippen LogP contribution in [0.2, 0.25) is 0 Å². The second-order valence-electron chi connectivity index (χ2n) is 10.2. The quantitative estimate of drug-likeness (QED) is 0.250. The SMILES string of the molecule is Cc1nc(C(=O)N[C@@H](c2cc3ccccc3[nH]2)c2cc(F)ccc2O)sc1-c1ccc(N2CCN(C)CC2)cc1. The number of anilines is 1. The Balaban J connectivity index is 1.27. The summed E-state index contributed by atoms with van der Waals surface area (Å²) in [5, 5.41) is 14.8. The molecule has 0 bridgehead atoms. The zero-order chi connectivity index (χ0) is 27.8. The molecule has 0 radical (unpaired) electrons. The zero-order valence-electron chi connectivity index (χ0n) is 22.3. The predicted octanol–water partition coefficient (Wildman–Crippen LogP) is 5.72. The van der Waals surface area contributed by atoms with Crippen LogP contribution in [0, 0.1) is 12.7 Å². The second-order valence-corrected chi connectivity index (χ2v) is 11.2. The van der Waals surface area contributed by atoms with Gasteiger partial charge < -0.3 is 25.2 Å². The van der Waals surface area contributed by atoms with Crippen molar-refractivity contribution in [1.82, 2.24) is 20.2 Å². The Morgan fingerprint density at radius 3 is 2.55 bits per heavy atom. The van der Waals surface area contributed by atoms with Gasteiger partial charge in [-0.1, -0.05) is 30.3 Å². The van der Waals surface area contributed by atoms with Crippen LogP contribution in [0.4, 0.5) is 10.1 Å². The van der Waals surface area contributed by atoms with E-state index in [2.05, 4.69) is 56.4 Å². The number of phenolic OH excluding ortho intramolecular Hbond substituents is 1. The van der Waals surface area contributed by atoms with Gasteiger partial charge in [0.2, 0.25) is 0 Å². The van der Waals surface area contributed by atoms with Crippen LogP contribution in [0.15, 0.2) is 72.8 Å². The molecule has 1 saturated heterocycles. The third-order valence-corrected chi connectivity index (χ3v) is 8.63. The van der Waals surface area contributed by atoms with Gasteiger partial charge in [0, 0.05) is 48.6 Å². The highest BCUT2D eigenvalue weighted by molar-refractivity contribution is 7.17. The molecule has 1 aliphatic heterocycles. The number of thiazole rings is 1. The van der Waals surface area contributed by atoms with Gasteiger partial charge in [-0.2, -0.15) is 0 Å². The molecule has 1 fully saturated rings. The average Bonchev–Trinajstić information content (AvgIpc) is 3.57. The predicted molar refractivity (Wildman–Crippen MR) is 158 cm³/mol. The normalized spacial score (nSPS) is 14.9. The molecule has 0 unspecified atom stereocenters. The number of amides is 1. The summed E-state index contributed by atoms with van der Waals surface area (Å²) >= 11 is 1.32. The van der Waals surface area contributed by atoms with Crippen molar-refractivity contribution in [3.63, 3.8) is 0 Å². The van der Waals surface area contributed by atoms with Gasteiger partial charge in [0.1, 0.15) is 11.6 Å². The maximum atomic E-state index is 14.2. The van der Waals surface area contributed by atoms with E-state index in [4.69, 9.17) is 0 Å². The topological polar surface area (TPSA) is 84.5 Å². The fourth-order valence-corrected chi connectivity index (χ4v) is 6.15. The molecular weight excluding hydrogens is 525 g/mol. The van der Waals surface area contributed by atoms with Crippen molar-refractivity contribution in [2.45, 2.75) is 13.0 Å². The van der Waals surface area contributed by atoms with Gasteiger partial charge in [-0.15, -0.1) is 11.3 Å². The highest BCUT2D eigenvalue weighted by atomic mass is 32.1. The number of carbonyl (C=O) groups is 1. The number of phenols is 1. The number of H-pyrrole nitrogens is 1. The van der Waals surface area contributed by atoms with Gasteiger partial charge in [-0.3, -0.25) is 4.79 Å². The monoisotopic (exact) mass is 555 g/mol. The molecule has 40 heavy (non-hydrogen) atoms. The fraction of sp³-hybridized carbons (Fsp3) is 0.226. The number of benzene rings is 3. The number of nitrogens with zero attached hydrogens (tertiary/aromatic N) is 3. The fourth-order valence-electron chi connectivity index (χ4n) is 5.17. The minimum atomic E-state index is -0.814. The van der Waals surface area contributed by atoms with Crippen molar-refractivity contribution in [3.05, 3.63) is 101 Å². The molecule has 3 aromatic carbocycles. The number of piperazine rings is 1. The van der Waals surface area contributed by atoms with E-state index in [9.17, 15) is 14.3 Å². The number of hydrogen-bond donors (Lipinski definition) is 3. The van der Waals surface area contributed by atoms with Crippen molar-refractivity contribution in [1.29, 1.82) is 0 Å². The first-order valence-corrected chi connectivity index (χ1v) is 14.1. The van der Waals surface area contributed by atoms with Crippen LogP contribution in [0.5, 0.6) is 5.75 Å².